The SMILES string of the molecule is CC1=CCCN(c2sc([C@@H](C)O)cc2[N+](=O)[O-])C1. The Balaban J connectivity index is 2.36. The molecule has 0 bridgehead atoms. The molecule has 1 aliphatic rings. The summed E-state index contributed by atoms with van der Waals surface area (Å²) in [6.07, 6.45) is 2.40. The zero-order valence-corrected chi connectivity index (χ0v) is 11.2. The molecule has 0 fully saturated rings. The summed E-state index contributed by atoms with van der Waals surface area (Å²) in [5.74, 6) is 0. The van der Waals surface area contributed by atoms with Crippen LogP contribution in [0.4, 0.5) is 10.7 Å². The van der Waals surface area contributed by atoms with Crippen LogP contribution in [0.2, 0.25) is 0 Å². The fraction of sp³-hybridized carbons (Fsp3) is 0.500. The average Bonchev–Trinajstić information content (AvgIpc) is 2.73. The second-order valence-electron chi connectivity index (χ2n) is 4.53. The first kappa shape index (κ1) is 13.0. The van der Waals surface area contributed by atoms with Gasteiger partial charge in [0.05, 0.1) is 11.0 Å². The van der Waals surface area contributed by atoms with Crippen LogP contribution in [-0.2, 0) is 0 Å². The highest BCUT2D eigenvalue weighted by atomic mass is 32.1. The second-order valence-corrected chi connectivity index (χ2v) is 5.60. The van der Waals surface area contributed by atoms with Crippen LogP contribution < -0.4 is 4.90 Å². The monoisotopic (exact) mass is 268 g/mol. The van der Waals surface area contributed by atoms with Crippen LogP contribution in [0.1, 0.15) is 31.2 Å². The van der Waals surface area contributed by atoms with Gasteiger partial charge in [-0.05, 0) is 20.3 Å². The summed E-state index contributed by atoms with van der Waals surface area (Å²) < 4.78 is 0. The maximum Gasteiger partial charge on any atom is 0.304 e. The first-order valence-electron chi connectivity index (χ1n) is 5.86. The van der Waals surface area contributed by atoms with Crippen LogP contribution in [0.5, 0.6) is 0 Å². The van der Waals surface area contributed by atoms with Crippen molar-refractivity contribution in [1.82, 2.24) is 0 Å². The summed E-state index contributed by atoms with van der Waals surface area (Å²) in [6.45, 7) is 5.17. The van der Waals surface area contributed by atoms with Gasteiger partial charge in [0.1, 0.15) is 0 Å². The van der Waals surface area contributed by atoms with Gasteiger partial charge in [-0.1, -0.05) is 11.6 Å². The summed E-state index contributed by atoms with van der Waals surface area (Å²) in [6, 6.07) is 1.48. The highest BCUT2D eigenvalue weighted by molar-refractivity contribution is 7.16. The lowest BCUT2D eigenvalue weighted by Crippen LogP contribution is -2.28. The fourth-order valence-corrected chi connectivity index (χ4v) is 3.13. The highest BCUT2D eigenvalue weighted by Gasteiger charge is 2.26. The van der Waals surface area contributed by atoms with Crippen LogP contribution in [0, 0.1) is 10.1 Å². The van der Waals surface area contributed by atoms with E-state index in [1.165, 1.54) is 23.0 Å². The molecule has 1 atom stereocenters. The summed E-state index contributed by atoms with van der Waals surface area (Å²) in [7, 11) is 0. The normalized spacial score (nSPS) is 17.5. The van der Waals surface area contributed by atoms with Crippen molar-refractivity contribution < 1.29 is 10.0 Å². The first-order valence-corrected chi connectivity index (χ1v) is 6.67. The maximum absolute atomic E-state index is 11.1. The van der Waals surface area contributed by atoms with E-state index in [4.69, 9.17) is 0 Å². The summed E-state index contributed by atoms with van der Waals surface area (Å²) >= 11 is 1.31. The van der Waals surface area contributed by atoms with Crippen molar-refractivity contribution >= 4 is 22.0 Å². The lowest BCUT2D eigenvalue weighted by Gasteiger charge is -2.26. The third-order valence-corrected chi connectivity index (χ3v) is 4.30. The van der Waals surface area contributed by atoms with Crippen molar-refractivity contribution in [3.8, 4) is 0 Å². The topological polar surface area (TPSA) is 66.6 Å². The predicted molar refractivity (Wildman–Crippen MR) is 72.2 cm³/mol. The van der Waals surface area contributed by atoms with Gasteiger partial charge in [0.15, 0.2) is 5.00 Å². The van der Waals surface area contributed by atoms with Gasteiger partial charge in [0.2, 0.25) is 0 Å². The van der Waals surface area contributed by atoms with Gasteiger partial charge in [-0.15, -0.1) is 11.3 Å². The third kappa shape index (κ3) is 2.54. The van der Waals surface area contributed by atoms with Crippen LogP contribution >= 0.6 is 11.3 Å². The average molecular weight is 268 g/mol. The first-order chi connectivity index (χ1) is 8.49. The van der Waals surface area contributed by atoms with Crippen LogP contribution in [0.25, 0.3) is 0 Å². The van der Waals surface area contributed by atoms with Gasteiger partial charge in [-0.25, -0.2) is 0 Å². The molecule has 0 aromatic carbocycles. The third-order valence-electron chi connectivity index (χ3n) is 2.94. The molecule has 0 radical (unpaired) electrons. The van der Waals surface area contributed by atoms with E-state index in [-0.39, 0.29) is 10.6 Å². The van der Waals surface area contributed by atoms with Crippen LogP contribution in [0.15, 0.2) is 17.7 Å². The molecule has 1 aromatic rings. The van der Waals surface area contributed by atoms with Crippen LogP contribution in [-0.4, -0.2) is 23.1 Å². The molecule has 0 unspecified atom stereocenters. The van der Waals surface area contributed by atoms with Crippen molar-refractivity contribution in [2.45, 2.75) is 26.4 Å². The lowest BCUT2D eigenvalue weighted by atomic mass is 10.1. The molecule has 5 nitrogen and oxygen atoms in total. The summed E-state index contributed by atoms with van der Waals surface area (Å²) in [5, 5.41) is 21.3. The fourth-order valence-electron chi connectivity index (χ4n) is 2.04. The molecule has 98 valence electrons. The molecular weight excluding hydrogens is 252 g/mol. The molecule has 6 heteroatoms. The Kier molecular flexibility index (Phi) is 3.68. The quantitative estimate of drug-likeness (QED) is 0.520. The Morgan fingerprint density at radius 2 is 2.33 bits per heavy atom. The van der Waals surface area contributed by atoms with E-state index >= 15 is 0 Å². The number of hydrogen-bond acceptors (Lipinski definition) is 5. The van der Waals surface area contributed by atoms with Gasteiger partial charge in [-0.2, -0.15) is 0 Å². The van der Waals surface area contributed by atoms with E-state index in [9.17, 15) is 15.2 Å². The van der Waals surface area contributed by atoms with E-state index < -0.39 is 6.10 Å². The van der Waals surface area contributed by atoms with E-state index in [2.05, 4.69) is 6.08 Å². The van der Waals surface area contributed by atoms with Gasteiger partial charge < -0.3 is 10.0 Å². The molecule has 1 N–H and O–H groups in total. The molecular formula is C12H16N2O3S. The number of aliphatic hydroxyl groups is 1. The van der Waals surface area contributed by atoms with Crippen molar-refractivity contribution in [2.24, 2.45) is 0 Å². The maximum atomic E-state index is 11.1. The largest absolute Gasteiger partial charge is 0.388 e. The minimum Gasteiger partial charge on any atom is -0.388 e. The number of aliphatic hydroxyl groups excluding tert-OH is 1. The van der Waals surface area contributed by atoms with E-state index in [1.807, 2.05) is 11.8 Å². The summed E-state index contributed by atoms with van der Waals surface area (Å²) in [4.78, 5) is 13.4. The zero-order valence-electron chi connectivity index (χ0n) is 10.4. The second kappa shape index (κ2) is 5.07. The Bertz CT molecular complexity index is 494. The summed E-state index contributed by atoms with van der Waals surface area (Å²) in [5.41, 5.74) is 1.33. The van der Waals surface area contributed by atoms with Gasteiger partial charge in [0.25, 0.3) is 0 Å². The molecule has 1 aromatic heterocycles. The Hall–Kier alpha value is -1.40. The molecule has 0 saturated heterocycles. The predicted octanol–water partition coefficient (Wildman–Crippen LogP) is 2.87. The van der Waals surface area contributed by atoms with Crippen molar-refractivity contribution in [3.05, 3.63) is 32.7 Å². The van der Waals surface area contributed by atoms with Crippen molar-refractivity contribution in [2.75, 3.05) is 18.0 Å². The number of rotatable bonds is 3. The standard InChI is InChI=1S/C12H16N2O3S/c1-8-4-3-5-13(7-8)12-10(14(16)17)6-11(18-12)9(2)15/h4,6,9,15H,3,5,7H2,1-2H3/t9-/m1/s1. The molecule has 0 amide bonds. The molecule has 1 aliphatic heterocycles. The number of hydrogen-bond donors (Lipinski definition) is 1. The Morgan fingerprint density at radius 1 is 1.61 bits per heavy atom. The molecule has 0 aliphatic carbocycles. The Morgan fingerprint density at radius 3 is 2.89 bits per heavy atom. The molecule has 2 heterocycles. The minimum absolute atomic E-state index is 0.102. The van der Waals surface area contributed by atoms with Crippen LogP contribution in [0.3, 0.4) is 0 Å². The number of nitrogens with zero attached hydrogens (tertiary/aromatic N) is 2. The van der Waals surface area contributed by atoms with Crippen molar-refractivity contribution in [1.29, 1.82) is 0 Å². The van der Waals surface area contributed by atoms with E-state index in [1.54, 1.807) is 6.92 Å². The highest BCUT2D eigenvalue weighted by Crippen LogP contribution is 2.40. The van der Waals surface area contributed by atoms with Crippen molar-refractivity contribution in [3.63, 3.8) is 0 Å². The molecule has 0 spiro atoms. The number of nitro groups is 1. The Labute approximate surface area is 110 Å². The van der Waals surface area contributed by atoms with Gasteiger partial charge in [0, 0.05) is 24.0 Å². The number of anilines is 1. The molecule has 2 rings (SSSR count). The van der Waals surface area contributed by atoms with Gasteiger partial charge >= 0.3 is 5.69 Å². The number of thiophene rings is 1. The molecule has 18 heavy (non-hydrogen) atoms. The smallest absolute Gasteiger partial charge is 0.304 e. The zero-order chi connectivity index (χ0) is 13.3. The lowest BCUT2D eigenvalue weighted by molar-refractivity contribution is -0.383. The van der Waals surface area contributed by atoms with Gasteiger partial charge in [-0.3, -0.25) is 10.1 Å². The molecule has 0 saturated carbocycles. The minimum atomic E-state index is -0.663. The van der Waals surface area contributed by atoms with E-state index in [0.717, 1.165) is 19.5 Å². The van der Waals surface area contributed by atoms with E-state index in [0.29, 0.717) is 9.88 Å².